The van der Waals surface area contributed by atoms with Crippen LogP contribution in [-0.2, 0) is 9.53 Å². The van der Waals surface area contributed by atoms with Crippen LogP contribution in [0.25, 0.3) is 0 Å². The van der Waals surface area contributed by atoms with E-state index >= 15 is 0 Å². The molecule has 2 aliphatic rings. The second-order valence-electron chi connectivity index (χ2n) is 7.78. The minimum Gasteiger partial charge on any atom is -0.383 e. The number of hydrogen-bond donors (Lipinski definition) is 1. The van der Waals surface area contributed by atoms with Crippen LogP contribution in [0.2, 0.25) is 5.02 Å². The number of halogens is 1. The lowest BCUT2D eigenvalue weighted by molar-refractivity contribution is -0.121. The summed E-state index contributed by atoms with van der Waals surface area (Å²) in [5.41, 5.74) is 1.61. The topological polar surface area (TPSA) is 58.6 Å². The highest BCUT2D eigenvalue weighted by molar-refractivity contribution is 6.30. The molecule has 29 heavy (non-hydrogen) atoms. The number of amides is 2. The summed E-state index contributed by atoms with van der Waals surface area (Å²) in [5, 5.41) is 3.68. The summed E-state index contributed by atoms with van der Waals surface area (Å²) >= 11 is 5.98. The Morgan fingerprint density at radius 2 is 1.86 bits per heavy atom. The number of benzene rings is 2. The van der Waals surface area contributed by atoms with Crippen molar-refractivity contribution in [2.45, 2.75) is 37.1 Å². The van der Waals surface area contributed by atoms with Gasteiger partial charge in [0.05, 0.1) is 18.1 Å². The van der Waals surface area contributed by atoms with Crippen molar-refractivity contribution in [3.05, 3.63) is 64.7 Å². The smallest absolute Gasteiger partial charge is 0.254 e. The van der Waals surface area contributed by atoms with Crippen LogP contribution in [-0.4, -0.2) is 42.5 Å². The van der Waals surface area contributed by atoms with E-state index in [-0.39, 0.29) is 11.8 Å². The first-order valence-electron chi connectivity index (χ1n) is 10.0. The fraction of sp³-hybridized carbons (Fsp3) is 0.391. The lowest BCUT2D eigenvalue weighted by Gasteiger charge is -2.50. The lowest BCUT2D eigenvalue weighted by Crippen LogP contribution is -2.60. The molecule has 1 N–H and O–H groups in total. The molecule has 1 fully saturated rings. The Labute approximate surface area is 176 Å². The van der Waals surface area contributed by atoms with Gasteiger partial charge in [-0.15, -0.1) is 0 Å². The van der Waals surface area contributed by atoms with E-state index in [1.54, 1.807) is 31.4 Å². The summed E-state index contributed by atoms with van der Waals surface area (Å²) in [4.78, 5) is 28.9. The summed E-state index contributed by atoms with van der Waals surface area (Å²) in [7, 11) is 1.63. The van der Waals surface area contributed by atoms with Gasteiger partial charge in [0.1, 0.15) is 0 Å². The van der Waals surface area contributed by atoms with Crippen LogP contribution in [0.15, 0.2) is 48.5 Å². The Hall–Kier alpha value is -2.37. The number of hydrogen-bond acceptors (Lipinski definition) is 3. The van der Waals surface area contributed by atoms with Crippen LogP contribution >= 0.6 is 11.6 Å². The molecular formula is C23H25ClN2O3. The highest BCUT2D eigenvalue weighted by Crippen LogP contribution is 2.50. The highest BCUT2D eigenvalue weighted by atomic mass is 35.5. The third-order valence-corrected chi connectivity index (χ3v) is 6.44. The van der Waals surface area contributed by atoms with Crippen LogP contribution in [0.1, 0.15) is 47.5 Å². The van der Waals surface area contributed by atoms with Gasteiger partial charge in [-0.1, -0.05) is 42.6 Å². The minimum absolute atomic E-state index is 0.00454. The van der Waals surface area contributed by atoms with Crippen molar-refractivity contribution >= 4 is 29.1 Å². The molecule has 1 spiro atoms. The van der Waals surface area contributed by atoms with Crippen molar-refractivity contribution < 1.29 is 14.3 Å². The van der Waals surface area contributed by atoms with Crippen molar-refractivity contribution in [3.63, 3.8) is 0 Å². The van der Waals surface area contributed by atoms with Gasteiger partial charge in [-0.05, 0) is 48.7 Å². The number of nitrogens with one attached hydrogen (secondary N) is 1. The van der Waals surface area contributed by atoms with Gasteiger partial charge >= 0.3 is 0 Å². The molecule has 152 valence electrons. The molecule has 0 bridgehead atoms. The fourth-order valence-corrected chi connectivity index (χ4v) is 5.05. The van der Waals surface area contributed by atoms with Crippen LogP contribution in [0.4, 0.5) is 5.69 Å². The number of fused-ring (bicyclic) bond motifs is 1. The zero-order valence-corrected chi connectivity index (χ0v) is 17.2. The Morgan fingerprint density at radius 1 is 1.17 bits per heavy atom. The number of methoxy groups -OCH3 is 1. The fourth-order valence-electron chi connectivity index (χ4n) is 4.92. The maximum absolute atomic E-state index is 13.6. The molecule has 1 heterocycles. The number of carbonyl (C=O) groups is 2. The molecule has 0 aromatic heterocycles. The van der Waals surface area contributed by atoms with E-state index < -0.39 is 11.5 Å². The highest BCUT2D eigenvalue weighted by Gasteiger charge is 2.55. The van der Waals surface area contributed by atoms with Gasteiger partial charge in [0.2, 0.25) is 5.91 Å². The molecule has 6 heteroatoms. The molecule has 0 unspecified atom stereocenters. The first-order valence-corrected chi connectivity index (χ1v) is 10.4. The van der Waals surface area contributed by atoms with Crippen molar-refractivity contribution in [2.24, 2.45) is 0 Å². The van der Waals surface area contributed by atoms with Crippen LogP contribution in [0.5, 0.6) is 0 Å². The maximum Gasteiger partial charge on any atom is 0.254 e. The predicted octanol–water partition coefficient (Wildman–Crippen LogP) is 4.48. The largest absolute Gasteiger partial charge is 0.383 e. The van der Waals surface area contributed by atoms with Crippen LogP contribution < -0.4 is 5.32 Å². The maximum atomic E-state index is 13.6. The number of anilines is 1. The third kappa shape index (κ3) is 3.53. The molecule has 2 aromatic rings. The SMILES string of the molecule is COCCN1C(=O)c2ccccc2[C@@H](C(=O)Nc2ccc(Cl)cc2)C12CCCC2. The third-order valence-electron chi connectivity index (χ3n) is 6.18. The molecule has 0 saturated heterocycles. The molecule has 5 nitrogen and oxygen atoms in total. The van der Waals surface area contributed by atoms with E-state index in [9.17, 15) is 9.59 Å². The number of ether oxygens (including phenoxy) is 1. The van der Waals surface area contributed by atoms with Gasteiger partial charge in [-0.3, -0.25) is 9.59 Å². The molecule has 1 saturated carbocycles. The van der Waals surface area contributed by atoms with E-state index in [1.807, 2.05) is 29.2 Å². The molecule has 4 rings (SSSR count). The second-order valence-corrected chi connectivity index (χ2v) is 8.21. The average Bonchev–Trinajstić information content (AvgIpc) is 3.19. The first-order chi connectivity index (χ1) is 14.1. The van der Waals surface area contributed by atoms with Crippen LogP contribution in [0.3, 0.4) is 0 Å². The number of carbonyl (C=O) groups excluding carboxylic acids is 2. The Balaban J connectivity index is 1.77. The van der Waals surface area contributed by atoms with Gasteiger partial charge in [0.15, 0.2) is 0 Å². The van der Waals surface area contributed by atoms with Gasteiger partial charge < -0.3 is 15.0 Å². The molecule has 1 aliphatic heterocycles. The van der Waals surface area contributed by atoms with E-state index in [4.69, 9.17) is 16.3 Å². The van der Waals surface area contributed by atoms with Gasteiger partial charge in [0.25, 0.3) is 5.91 Å². The quantitative estimate of drug-likeness (QED) is 0.787. The Bertz CT molecular complexity index is 907. The van der Waals surface area contributed by atoms with Crippen molar-refractivity contribution in [1.82, 2.24) is 4.90 Å². The first kappa shape index (κ1) is 19.9. The minimum atomic E-state index is -0.513. The van der Waals surface area contributed by atoms with Crippen molar-refractivity contribution in [3.8, 4) is 0 Å². The standard InChI is InChI=1S/C23H25ClN2O3/c1-29-15-14-26-22(28)19-7-3-2-6-18(19)20(23(26)12-4-5-13-23)21(27)25-17-10-8-16(24)9-11-17/h2-3,6-11,20H,4-5,12-15H2,1H3,(H,25,27)/t20-/m0/s1. The van der Waals surface area contributed by atoms with Gasteiger partial charge in [-0.25, -0.2) is 0 Å². The van der Waals surface area contributed by atoms with Crippen molar-refractivity contribution in [2.75, 3.05) is 25.6 Å². The zero-order valence-electron chi connectivity index (χ0n) is 16.5. The molecule has 2 aromatic carbocycles. The Morgan fingerprint density at radius 3 is 2.55 bits per heavy atom. The average molecular weight is 413 g/mol. The lowest BCUT2D eigenvalue weighted by atomic mass is 9.71. The van der Waals surface area contributed by atoms with Crippen LogP contribution in [0, 0.1) is 0 Å². The van der Waals surface area contributed by atoms with E-state index in [0.717, 1.165) is 31.2 Å². The summed E-state index contributed by atoms with van der Waals surface area (Å²) < 4.78 is 5.28. The molecule has 2 amide bonds. The van der Waals surface area contributed by atoms with E-state index in [0.29, 0.717) is 29.4 Å². The van der Waals surface area contributed by atoms with Gasteiger partial charge in [-0.2, -0.15) is 0 Å². The molecule has 1 aliphatic carbocycles. The molecule has 0 radical (unpaired) electrons. The normalized spacial score (nSPS) is 20.0. The number of rotatable bonds is 5. The molecule has 1 atom stereocenters. The summed E-state index contributed by atoms with van der Waals surface area (Å²) in [5.74, 6) is -0.516. The van der Waals surface area contributed by atoms with E-state index in [1.165, 1.54) is 0 Å². The van der Waals surface area contributed by atoms with Crippen molar-refractivity contribution in [1.29, 1.82) is 0 Å². The van der Waals surface area contributed by atoms with Gasteiger partial charge in [0, 0.05) is 29.9 Å². The second kappa shape index (κ2) is 8.17. The monoisotopic (exact) mass is 412 g/mol. The predicted molar refractivity (Wildman–Crippen MR) is 113 cm³/mol. The summed E-state index contributed by atoms with van der Waals surface area (Å²) in [6, 6.07) is 14.6. The summed E-state index contributed by atoms with van der Waals surface area (Å²) in [6.07, 6.45) is 3.64. The molecular weight excluding hydrogens is 388 g/mol. The Kier molecular flexibility index (Phi) is 5.61. The summed E-state index contributed by atoms with van der Waals surface area (Å²) in [6.45, 7) is 0.926. The number of nitrogens with zero attached hydrogens (tertiary/aromatic N) is 1. The zero-order chi connectivity index (χ0) is 20.4. The van der Waals surface area contributed by atoms with E-state index in [2.05, 4.69) is 5.32 Å².